The molecule has 28 heavy (non-hydrogen) atoms. The number of ether oxygens (including phenoxy) is 1. The van der Waals surface area contributed by atoms with E-state index >= 15 is 0 Å². The fraction of sp³-hybridized carbons (Fsp3) is 0.417. The summed E-state index contributed by atoms with van der Waals surface area (Å²) in [6, 6.07) is 14.7. The van der Waals surface area contributed by atoms with E-state index in [0.717, 1.165) is 23.5 Å². The van der Waals surface area contributed by atoms with E-state index in [1.165, 1.54) is 37.1 Å². The fourth-order valence-electron chi connectivity index (χ4n) is 3.52. The number of nitrogens with zero attached hydrogens (tertiary/aromatic N) is 2. The van der Waals surface area contributed by atoms with E-state index in [9.17, 15) is 4.79 Å². The van der Waals surface area contributed by atoms with Crippen molar-refractivity contribution >= 4 is 11.5 Å². The molecule has 148 valence electrons. The second-order valence-corrected chi connectivity index (χ2v) is 7.31. The Labute approximate surface area is 168 Å². The van der Waals surface area contributed by atoms with E-state index in [4.69, 9.17) is 9.72 Å². The van der Waals surface area contributed by atoms with E-state index in [1.807, 2.05) is 19.1 Å². The highest BCUT2D eigenvalue weighted by Crippen LogP contribution is 2.23. The molecule has 1 aliphatic rings. The van der Waals surface area contributed by atoms with Crippen molar-refractivity contribution in [3.05, 3.63) is 71.1 Å². The summed E-state index contributed by atoms with van der Waals surface area (Å²) in [5, 5.41) is 0. The molecular weight excluding hydrogens is 348 g/mol. The zero-order chi connectivity index (χ0) is 19.8. The van der Waals surface area contributed by atoms with Crippen LogP contribution in [0.15, 0.2) is 48.5 Å². The minimum absolute atomic E-state index is 0.168. The van der Waals surface area contributed by atoms with Crippen LogP contribution in [0.4, 0.5) is 0 Å². The molecule has 0 radical (unpaired) electrons. The highest BCUT2D eigenvalue weighted by molar-refractivity contribution is 5.78. The van der Waals surface area contributed by atoms with Gasteiger partial charge in [-0.1, -0.05) is 42.0 Å². The molecule has 2 heterocycles. The molecular formula is C24H30N2O2. The fourth-order valence-corrected chi connectivity index (χ4v) is 3.52. The van der Waals surface area contributed by atoms with E-state index in [0.29, 0.717) is 19.4 Å². The number of pyridine rings is 1. The zero-order valence-electron chi connectivity index (χ0n) is 17.0. The van der Waals surface area contributed by atoms with Gasteiger partial charge in [-0.05, 0) is 57.5 Å². The standard InChI is InChI=1S/C24H30N2O2/c1-3-28-24(27)14-13-21-7-6-8-23(25-21)22(15-18-26-16-4-5-17-26)20-11-9-19(2)10-12-20/h6-12,15H,3-5,13-14,16-18H2,1-2H3. The maximum Gasteiger partial charge on any atom is 0.306 e. The minimum Gasteiger partial charge on any atom is -0.466 e. The molecule has 0 unspecified atom stereocenters. The van der Waals surface area contributed by atoms with Gasteiger partial charge in [0.1, 0.15) is 0 Å². The van der Waals surface area contributed by atoms with Crippen molar-refractivity contribution in [2.75, 3.05) is 26.2 Å². The lowest BCUT2D eigenvalue weighted by Crippen LogP contribution is -2.19. The summed E-state index contributed by atoms with van der Waals surface area (Å²) >= 11 is 0. The summed E-state index contributed by atoms with van der Waals surface area (Å²) in [7, 11) is 0. The topological polar surface area (TPSA) is 42.4 Å². The van der Waals surface area contributed by atoms with Crippen LogP contribution in [0, 0.1) is 6.92 Å². The SMILES string of the molecule is CCOC(=O)CCc1cccc(C(=CCN2CCCC2)c2ccc(C)cc2)n1. The van der Waals surface area contributed by atoms with Crippen molar-refractivity contribution < 1.29 is 9.53 Å². The van der Waals surface area contributed by atoms with Gasteiger partial charge in [-0.3, -0.25) is 14.7 Å². The molecule has 3 rings (SSSR count). The molecule has 1 fully saturated rings. The molecule has 0 atom stereocenters. The Balaban J connectivity index is 1.82. The number of aryl methyl sites for hydroxylation is 2. The molecule has 2 aromatic rings. The maximum absolute atomic E-state index is 11.7. The molecule has 0 amide bonds. The Morgan fingerprint density at radius 1 is 1.14 bits per heavy atom. The predicted octanol–water partition coefficient (Wildman–Crippen LogP) is 4.41. The van der Waals surface area contributed by atoms with E-state index in [1.54, 1.807) is 0 Å². The number of carbonyl (C=O) groups excluding carboxylic acids is 1. The summed E-state index contributed by atoms with van der Waals surface area (Å²) in [4.78, 5) is 19.0. The van der Waals surface area contributed by atoms with Crippen molar-refractivity contribution in [2.24, 2.45) is 0 Å². The Kier molecular flexibility index (Phi) is 7.38. The highest BCUT2D eigenvalue weighted by Gasteiger charge is 2.13. The lowest BCUT2D eigenvalue weighted by molar-refractivity contribution is -0.143. The lowest BCUT2D eigenvalue weighted by Gasteiger charge is -2.15. The summed E-state index contributed by atoms with van der Waals surface area (Å²) in [5.74, 6) is -0.168. The van der Waals surface area contributed by atoms with Gasteiger partial charge in [0.25, 0.3) is 0 Å². The predicted molar refractivity (Wildman–Crippen MR) is 113 cm³/mol. The van der Waals surface area contributed by atoms with Gasteiger partial charge < -0.3 is 4.74 Å². The first kappa shape index (κ1) is 20.3. The van der Waals surface area contributed by atoms with Crippen LogP contribution in [-0.2, 0) is 16.0 Å². The van der Waals surface area contributed by atoms with Crippen molar-refractivity contribution in [2.45, 2.75) is 39.5 Å². The van der Waals surface area contributed by atoms with Crippen molar-refractivity contribution in [3.63, 3.8) is 0 Å². The third-order valence-electron chi connectivity index (χ3n) is 5.09. The van der Waals surface area contributed by atoms with Gasteiger partial charge in [0.15, 0.2) is 0 Å². The monoisotopic (exact) mass is 378 g/mol. The highest BCUT2D eigenvalue weighted by atomic mass is 16.5. The number of rotatable bonds is 8. The zero-order valence-corrected chi connectivity index (χ0v) is 17.0. The van der Waals surface area contributed by atoms with Crippen molar-refractivity contribution in [3.8, 4) is 0 Å². The molecule has 0 spiro atoms. The Bertz CT molecular complexity index is 806. The number of hydrogen-bond donors (Lipinski definition) is 0. The molecule has 0 aliphatic carbocycles. The summed E-state index contributed by atoms with van der Waals surface area (Å²) in [5.41, 5.74) is 5.47. The number of benzene rings is 1. The van der Waals surface area contributed by atoms with Gasteiger partial charge in [0.2, 0.25) is 0 Å². The Morgan fingerprint density at radius 3 is 2.61 bits per heavy atom. The summed E-state index contributed by atoms with van der Waals surface area (Å²) in [6.45, 7) is 7.64. The smallest absolute Gasteiger partial charge is 0.306 e. The van der Waals surface area contributed by atoms with Gasteiger partial charge in [-0.2, -0.15) is 0 Å². The van der Waals surface area contributed by atoms with Crippen LogP contribution < -0.4 is 0 Å². The van der Waals surface area contributed by atoms with Crippen LogP contribution in [0.3, 0.4) is 0 Å². The van der Waals surface area contributed by atoms with Crippen LogP contribution in [-0.4, -0.2) is 42.1 Å². The number of esters is 1. The molecule has 4 nitrogen and oxygen atoms in total. The first-order valence-electron chi connectivity index (χ1n) is 10.3. The maximum atomic E-state index is 11.7. The van der Waals surface area contributed by atoms with Gasteiger partial charge in [0.05, 0.1) is 18.7 Å². The second kappa shape index (κ2) is 10.2. The largest absolute Gasteiger partial charge is 0.466 e. The average molecular weight is 379 g/mol. The second-order valence-electron chi connectivity index (χ2n) is 7.31. The summed E-state index contributed by atoms with van der Waals surface area (Å²) < 4.78 is 5.03. The van der Waals surface area contributed by atoms with Crippen LogP contribution in [0.5, 0.6) is 0 Å². The van der Waals surface area contributed by atoms with Gasteiger partial charge in [-0.25, -0.2) is 0 Å². The van der Waals surface area contributed by atoms with Gasteiger partial charge in [0, 0.05) is 24.2 Å². The first-order valence-corrected chi connectivity index (χ1v) is 10.3. The van der Waals surface area contributed by atoms with E-state index in [-0.39, 0.29) is 5.97 Å². The lowest BCUT2D eigenvalue weighted by atomic mass is 10.00. The van der Waals surface area contributed by atoms with Crippen LogP contribution in [0.25, 0.3) is 5.57 Å². The Hall–Kier alpha value is -2.46. The number of carbonyl (C=O) groups is 1. The van der Waals surface area contributed by atoms with Gasteiger partial charge in [-0.15, -0.1) is 0 Å². The Morgan fingerprint density at radius 2 is 1.89 bits per heavy atom. The number of likely N-dealkylation sites (tertiary alicyclic amines) is 1. The third kappa shape index (κ3) is 5.77. The molecule has 0 N–H and O–H groups in total. The van der Waals surface area contributed by atoms with Crippen LogP contribution in [0.1, 0.15) is 48.7 Å². The molecule has 1 saturated heterocycles. The molecule has 4 heteroatoms. The van der Waals surface area contributed by atoms with E-state index in [2.05, 4.69) is 48.2 Å². The summed E-state index contributed by atoms with van der Waals surface area (Å²) in [6.07, 6.45) is 5.83. The molecule has 1 aromatic heterocycles. The van der Waals surface area contributed by atoms with E-state index < -0.39 is 0 Å². The number of hydrogen-bond acceptors (Lipinski definition) is 4. The normalized spacial score (nSPS) is 15.0. The molecule has 0 saturated carbocycles. The molecule has 1 aromatic carbocycles. The molecule has 0 bridgehead atoms. The quantitative estimate of drug-likeness (QED) is 0.638. The molecule has 1 aliphatic heterocycles. The van der Waals surface area contributed by atoms with Crippen LogP contribution in [0.2, 0.25) is 0 Å². The van der Waals surface area contributed by atoms with Crippen LogP contribution >= 0.6 is 0 Å². The average Bonchev–Trinajstić information content (AvgIpc) is 3.22. The van der Waals surface area contributed by atoms with Gasteiger partial charge >= 0.3 is 5.97 Å². The van der Waals surface area contributed by atoms with Crippen molar-refractivity contribution in [1.82, 2.24) is 9.88 Å². The first-order chi connectivity index (χ1) is 13.7. The van der Waals surface area contributed by atoms with Crippen molar-refractivity contribution in [1.29, 1.82) is 0 Å². The third-order valence-corrected chi connectivity index (χ3v) is 5.09. The minimum atomic E-state index is -0.168. The number of aromatic nitrogens is 1.